The summed E-state index contributed by atoms with van der Waals surface area (Å²) in [5.74, 6) is -1.66. The molecule has 1 aromatic rings. The molecule has 0 heterocycles. The maximum absolute atomic E-state index is 13.2. The highest BCUT2D eigenvalue weighted by molar-refractivity contribution is 5.85. The average molecular weight is 319 g/mol. The van der Waals surface area contributed by atoms with E-state index in [0.29, 0.717) is 12.1 Å². The van der Waals surface area contributed by atoms with E-state index in [1.54, 1.807) is 6.92 Å². The quantitative estimate of drug-likeness (QED) is 0.897. The summed E-state index contributed by atoms with van der Waals surface area (Å²) in [6, 6.07) is 3.33. The summed E-state index contributed by atoms with van der Waals surface area (Å²) in [5.41, 5.74) is 6.22. The Morgan fingerprint density at radius 2 is 2.10 bits per heavy atom. The lowest BCUT2D eigenvalue weighted by molar-refractivity contribution is -0.126. The van der Waals surface area contributed by atoms with Gasteiger partial charge in [0.2, 0.25) is 5.91 Å². The maximum atomic E-state index is 13.2. The zero-order valence-corrected chi connectivity index (χ0v) is 12.8. The Kier molecular flexibility index (Phi) is 6.55. The minimum Gasteiger partial charge on any atom is -0.349 e. The summed E-state index contributed by atoms with van der Waals surface area (Å²) in [6.07, 6.45) is 2.84. The SMILES string of the molecule is CC(NC(=O)[C@@H]1CCC[C@@H]1CN)c1ccc(F)c(F)c1.Cl. The summed E-state index contributed by atoms with van der Waals surface area (Å²) < 4.78 is 26.1. The molecule has 1 fully saturated rings. The van der Waals surface area contributed by atoms with E-state index < -0.39 is 11.6 Å². The van der Waals surface area contributed by atoms with Crippen molar-refractivity contribution in [2.24, 2.45) is 17.6 Å². The first kappa shape index (κ1) is 17.9. The van der Waals surface area contributed by atoms with Gasteiger partial charge in [0.1, 0.15) is 0 Å². The van der Waals surface area contributed by atoms with E-state index in [1.807, 2.05) is 0 Å². The van der Waals surface area contributed by atoms with Gasteiger partial charge < -0.3 is 11.1 Å². The van der Waals surface area contributed by atoms with Crippen molar-refractivity contribution >= 4 is 18.3 Å². The molecule has 1 amide bonds. The molecule has 3 N–H and O–H groups in total. The molecule has 0 bridgehead atoms. The Labute approximate surface area is 129 Å². The average Bonchev–Trinajstić information content (AvgIpc) is 2.90. The van der Waals surface area contributed by atoms with Crippen LogP contribution in [0.15, 0.2) is 18.2 Å². The smallest absolute Gasteiger partial charge is 0.223 e. The number of hydrogen-bond donors (Lipinski definition) is 2. The fourth-order valence-electron chi connectivity index (χ4n) is 2.85. The van der Waals surface area contributed by atoms with E-state index >= 15 is 0 Å². The number of benzene rings is 1. The lowest BCUT2D eigenvalue weighted by Gasteiger charge is -2.21. The second kappa shape index (κ2) is 7.71. The van der Waals surface area contributed by atoms with Crippen LogP contribution in [-0.4, -0.2) is 12.5 Å². The van der Waals surface area contributed by atoms with Crippen LogP contribution >= 0.6 is 12.4 Å². The molecule has 118 valence electrons. The number of hydrogen-bond acceptors (Lipinski definition) is 2. The molecular formula is C15H21ClF2N2O. The molecule has 1 saturated carbocycles. The van der Waals surface area contributed by atoms with Gasteiger partial charge in [-0.25, -0.2) is 8.78 Å². The standard InChI is InChI=1S/C15H20F2N2O.ClH/c1-9(10-5-6-13(16)14(17)7-10)19-15(20)12-4-2-3-11(12)8-18;/h5-7,9,11-12H,2-4,8,18H2,1H3,(H,19,20);1H/t9?,11-,12-;/m1./s1. The Bertz CT molecular complexity index is 499. The van der Waals surface area contributed by atoms with E-state index in [-0.39, 0.29) is 36.2 Å². The Balaban J connectivity index is 0.00000220. The van der Waals surface area contributed by atoms with E-state index in [2.05, 4.69) is 5.32 Å². The van der Waals surface area contributed by atoms with Crippen molar-refractivity contribution in [2.75, 3.05) is 6.54 Å². The van der Waals surface area contributed by atoms with Crippen LogP contribution in [-0.2, 0) is 4.79 Å². The summed E-state index contributed by atoms with van der Waals surface area (Å²) in [7, 11) is 0. The van der Waals surface area contributed by atoms with Crippen molar-refractivity contribution in [1.29, 1.82) is 0 Å². The first-order valence-electron chi connectivity index (χ1n) is 6.98. The number of halogens is 3. The highest BCUT2D eigenvalue weighted by Gasteiger charge is 2.32. The number of carbonyl (C=O) groups excluding carboxylic acids is 1. The minimum absolute atomic E-state index is 0. The molecule has 1 aliphatic carbocycles. The summed E-state index contributed by atoms with van der Waals surface area (Å²) in [4.78, 5) is 12.2. The Morgan fingerprint density at radius 3 is 2.71 bits per heavy atom. The second-order valence-electron chi connectivity index (χ2n) is 5.44. The number of rotatable bonds is 4. The summed E-state index contributed by atoms with van der Waals surface area (Å²) in [5, 5.41) is 2.87. The van der Waals surface area contributed by atoms with Gasteiger partial charge in [-0.15, -0.1) is 12.4 Å². The van der Waals surface area contributed by atoms with E-state index in [4.69, 9.17) is 5.73 Å². The highest BCUT2D eigenvalue weighted by Crippen LogP contribution is 2.31. The molecule has 21 heavy (non-hydrogen) atoms. The zero-order valence-electron chi connectivity index (χ0n) is 11.9. The van der Waals surface area contributed by atoms with Crippen LogP contribution in [0.2, 0.25) is 0 Å². The third-order valence-electron chi connectivity index (χ3n) is 4.10. The van der Waals surface area contributed by atoms with E-state index in [0.717, 1.165) is 31.4 Å². The van der Waals surface area contributed by atoms with Gasteiger partial charge in [-0.05, 0) is 49.9 Å². The molecule has 0 spiro atoms. The van der Waals surface area contributed by atoms with Crippen molar-refractivity contribution in [3.8, 4) is 0 Å². The van der Waals surface area contributed by atoms with E-state index in [9.17, 15) is 13.6 Å². The van der Waals surface area contributed by atoms with Crippen LogP contribution in [0.4, 0.5) is 8.78 Å². The third-order valence-corrected chi connectivity index (χ3v) is 4.10. The number of nitrogens with two attached hydrogens (primary N) is 1. The van der Waals surface area contributed by atoms with Crippen molar-refractivity contribution in [3.05, 3.63) is 35.4 Å². The molecule has 3 atom stereocenters. The van der Waals surface area contributed by atoms with Gasteiger partial charge >= 0.3 is 0 Å². The summed E-state index contributed by atoms with van der Waals surface area (Å²) in [6.45, 7) is 2.27. The predicted octanol–water partition coefficient (Wildman–Crippen LogP) is 2.94. The van der Waals surface area contributed by atoms with Crippen molar-refractivity contribution < 1.29 is 13.6 Å². The van der Waals surface area contributed by atoms with Gasteiger partial charge in [0, 0.05) is 5.92 Å². The van der Waals surface area contributed by atoms with Crippen LogP contribution in [0.5, 0.6) is 0 Å². The molecular weight excluding hydrogens is 298 g/mol. The van der Waals surface area contributed by atoms with Crippen LogP contribution in [0.25, 0.3) is 0 Å². The first-order valence-corrected chi connectivity index (χ1v) is 6.98. The van der Waals surface area contributed by atoms with Gasteiger partial charge in [-0.1, -0.05) is 12.5 Å². The molecule has 3 nitrogen and oxygen atoms in total. The molecule has 0 saturated heterocycles. The number of nitrogens with one attached hydrogen (secondary N) is 1. The minimum atomic E-state index is -0.899. The molecule has 1 aromatic carbocycles. The first-order chi connectivity index (χ1) is 9.52. The molecule has 0 aromatic heterocycles. The van der Waals surface area contributed by atoms with Crippen molar-refractivity contribution in [2.45, 2.75) is 32.2 Å². The van der Waals surface area contributed by atoms with Gasteiger partial charge in [-0.3, -0.25) is 4.79 Å². The topological polar surface area (TPSA) is 55.1 Å². The molecule has 6 heteroatoms. The summed E-state index contributed by atoms with van der Waals surface area (Å²) >= 11 is 0. The Hall–Kier alpha value is -1.20. The molecule has 2 rings (SSSR count). The molecule has 1 aliphatic rings. The van der Waals surface area contributed by atoms with Crippen molar-refractivity contribution in [1.82, 2.24) is 5.32 Å². The number of carbonyl (C=O) groups is 1. The fourth-order valence-corrected chi connectivity index (χ4v) is 2.85. The third kappa shape index (κ3) is 4.14. The van der Waals surface area contributed by atoms with Gasteiger partial charge in [0.05, 0.1) is 6.04 Å². The van der Waals surface area contributed by atoms with Crippen LogP contribution in [0.3, 0.4) is 0 Å². The molecule has 1 unspecified atom stereocenters. The van der Waals surface area contributed by atoms with Crippen molar-refractivity contribution in [3.63, 3.8) is 0 Å². The highest BCUT2D eigenvalue weighted by atomic mass is 35.5. The Morgan fingerprint density at radius 1 is 1.38 bits per heavy atom. The molecule has 0 aliphatic heterocycles. The molecule has 0 radical (unpaired) electrons. The van der Waals surface area contributed by atoms with Gasteiger partial charge in [-0.2, -0.15) is 0 Å². The monoisotopic (exact) mass is 318 g/mol. The van der Waals surface area contributed by atoms with Crippen LogP contribution in [0.1, 0.15) is 37.8 Å². The zero-order chi connectivity index (χ0) is 14.7. The van der Waals surface area contributed by atoms with E-state index in [1.165, 1.54) is 6.07 Å². The largest absolute Gasteiger partial charge is 0.349 e. The second-order valence-corrected chi connectivity index (χ2v) is 5.44. The van der Waals surface area contributed by atoms with Gasteiger partial charge in [0.25, 0.3) is 0 Å². The van der Waals surface area contributed by atoms with Gasteiger partial charge in [0.15, 0.2) is 11.6 Å². The normalized spacial score (nSPS) is 22.5. The van der Waals surface area contributed by atoms with Crippen LogP contribution in [0, 0.1) is 23.5 Å². The predicted molar refractivity (Wildman–Crippen MR) is 80.0 cm³/mol. The lowest BCUT2D eigenvalue weighted by atomic mass is 9.94. The number of amides is 1. The fraction of sp³-hybridized carbons (Fsp3) is 0.533. The van der Waals surface area contributed by atoms with Crippen LogP contribution < -0.4 is 11.1 Å². The maximum Gasteiger partial charge on any atom is 0.223 e. The lowest BCUT2D eigenvalue weighted by Crippen LogP contribution is -2.36.